The number of aryl methyl sites for hydroxylation is 1. The quantitative estimate of drug-likeness (QED) is 0.549. The van der Waals surface area contributed by atoms with Crippen LogP contribution in [0.3, 0.4) is 0 Å². The van der Waals surface area contributed by atoms with Gasteiger partial charge in [0.15, 0.2) is 0 Å². The van der Waals surface area contributed by atoms with Crippen LogP contribution in [0.5, 0.6) is 0 Å². The van der Waals surface area contributed by atoms with Crippen LogP contribution in [0.15, 0.2) is 53.4 Å². The van der Waals surface area contributed by atoms with Gasteiger partial charge in [-0.2, -0.15) is 0 Å². The van der Waals surface area contributed by atoms with Crippen LogP contribution in [0.2, 0.25) is 0 Å². The predicted molar refractivity (Wildman–Crippen MR) is 114 cm³/mol. The lowest BCUT2D eigenvalue weighted by Gasteiger charge is -2.12. The van der Waals surface area contributed by atoms with E-state index < -0.39 is 0 Å². The lowest BCUT2D eigenvalue weighted by molar-refractivity contribution is 0.102. The van der Waals surface area contributed by atoms with Gasteiger partial charge < -0.3 is 5.32 Å². The van der Waals surface area contributed by atoms with Crippen LogP contribution < -0.4 is 10.6 Å². The van der Waals surface area contributed by atoms with Crippen molar-refractivity contribution < 1.29 is 9.59 Å². The van der Waals surface area contributed by atoms with E-state index in [9.17, 15) is 9.59 Å². The van der Waals surface area contributed by atoms with Crippen LogP contribution in [-0.2, 0) is 6.42 Å². The summed E-state index contributed by atoms with van der Waals surface area (Å²) in [5.74, 6) is 0.275. The molecule has 0 spiro atoms. The van der Waals surface area contributed by atoms with Gasteiger partial charge in [-0.1, -0.05) is 49.4 Å². The van der Waals surface area contributed by atoms with Crippen molar-refractivity contribution in [2.24, 2.45) is 0 Å². The van der Waals surface area contributed by atoms with E-state index in [0.717, 1.165) is 22.1 Å². The number of rotatable bonds is 7. The smallest absolute Gasteiger partial charge is 0.259 e. The van der Waals surface area contributed by atoms with Crippen molar-refractivity contribution in [1.82, 2.24) is 10.2 Å². The molecule has 0 unspecified atom stereocenters. The van der Waals surface area contributed by atoms with Gasteiger partial charge in [0.1, 0.15) is 5.01 Å². The molecule has 2 amide bonds. The third-order valence-electron chi connectivity index (χ3n) is 3.84. The SMILES string of the molecule is CCSc1ccccc1C(=O)Nc1ccccc1C(=O)Nc1nnc(CC)s1. The molecule has 6 nitrogen and oxygen atoms in total. The number of hydrogen-bond acceptors (Lipinski definition) is 6. The van der Waals surface area contributed by atoms with E-state index >= 15 is 0 Å². The van der Waals surface area contributed by atoms with Gasteiger partial charge in [0.25, 0.3) is 11.8 Å². The van der Waals surface area contributed by atoms with E-state index in [1.807, 2.05) is 32.0 Å². The van der Waals surface area contributed by atoms with Gasteiger partial charge in [0.2, 0.25) is 5.13 Å². The number of hydrogen-bond donors (Lipinski definition) is 2. The maximum atomic E-state index is 12.8. The van der Waals surface area contributed by atoms with E-state index in [1.54, 1.807) is 42.1 Å². The lowest BCUT2D eigenvalue weighted by atomic mass is 10.1. The van der Waals surface area contributed by atoms with Crippen molar-refractivity contribution >= 4 is 45.7 Å². The second kappa shape index (κ2) is 9.48. The Hall–Kier alpha value is -2.71. The van der Waals surface area contributed by atoms with E-state index in [0.29, 0.717) is 21.9 Å². The standard InChI is InChI=1S/C20H20N4O2S2/c1-3-17-23-24-20(28-17)22-18(25)13-9-5-7-11-15(13)21-19(26)14-10-6-8-12-16(14)27-4-2/h5-12H,3-4H2,1-2H3,(H,21,26)(H,22,24,25). The van der Waals surface area contributed by atoms with Crippen molar-refractivity contribution in [3.63, 3.8) is 0 Å². The third kappa shape index (κ3) is 4.76. The van der Waals surface area contributed by atoms with Crippen molar-refractivity contribution in [3.05, 3.63) is 64.7 Å². The first-order chi connectivity index (χ1) is 13.6. The molecule has 28 heavy (non-hydrogen) atoms. The van der Waals surface area contributed by atoms with E-state index in [4.69, 9.17) is 0 Å². The fourth-order valence-electron chi connectivity index (χ4n) is 2.53. The molecule has 0 saturated carbocycles. The molecule has 0 aliphatic carbocycles. The number of anilines is 2. The Bertz CT molecular complexity index is 988. The van der Waals surface area contributed by atoms with Gasteiger partial charge in [0, 0.05) is 4.90 Å². The summed E-state index contributed by atoms with van der Waals surface area (Å²) < 4.78 is 0. The van der Waals surface area contributed by atoms with Gasteiger partial charge in [-0.05, 0) is 36.4 Å². The second-order valence-electron chi connectivity index (χ2n) is 5.74. The molecular weight excluding hydrogens is 392 g/mol. The molecule has 0 bridgehead atoms. The van der Waals surface area contributed by atoms with E-state index in [-0.39, 0.29) is 11.8 Å². The van der Waals surface area contributed by atoms with Crippen molar-refractivity contribution in [2.75, 3.05) is 16.4 Å². The zero-order valence-corrected chi connectivity index (χ0v) is 17.2. The van der Waals surface area contributed by atoms with Crippen molar-refractivity contribution in [3.8, 4) is 0 Å². The molecule has 3 aromatic rings. The number of para-hydroxylation sites is 1. The Morgan fingerprint density at radius 1 is 0.929 bits per heavy atom. The summed E-state index contributed by atoms with van der Waals surface area (Å²) in [4.78, 5) is 26.4. The van der Waals surface area contributed by atoms with Crippen LogP contribution in [-0.4, -0.2) is 27.8 Å². The van der Waals surface area contributed by atoms with Crippen LogP contribution in [0.1, 0.15) is 39.6 Å². The van der Waals surface area contributed by atoms with Gasteiger partial charge >= 0.3 is 0 Å². The number of amides is 2. The average molecular weight is 413 g/mol. The number of carbonyl (C=O) groups excluding carboxylic acids is 2. The molecular formula is C20H20N4O2S2. The summed E-state index contributed by atoms with van der Waals surface area (Å²) in [6.07, 6.45) is 0.759. The molecule has 1 heterocycles. The zero-order valence-electron chi connectivity index (χ0n) is 15.6. The maximum Gasteiger partial charge on any atom is 0.259 e. The summed E-state index contributed by atoms with van der Waals surface area (Å²) in [6, 6.07) is 14.3. The minimum absolute atomic E-state index is 0.249. The van der Waals surface area contributed by atoms with Gasteiger partial charge in [0.05, 0.1) is 16.8 Å². The number of benzene rings is 2. The predicted octanol–water partition coefficient (Wildman–Crippen LogP) is 4.72. The highest BCUT2D eigenvalue weighted by Crippen LogP contribution is 2.25. The molecule has 3 rings (SSSR count). The summed E-state index contributed by atoms with van der Waals surface area (Å²) in [5.41, 5.74) is 1.40. The Labute approximate surface area is 171 Å². The third-order valence-corrected chi connectivity index (χ3v) is 5.78. The average Bonchev–Trinajstić information content (AvgIpc) is 3.16. The number of nitrogens with one attached hydrogen (secondary N) is 2. The summed E-state index contributed by atoms with van der Waals surface area (Å²) in [6.45, 7) is 4.02. The monoisotopic (exact) mass is 412 g/mol. The molecule has 1 aromatic heterocycles. The van der Waals surface area contributed by atoms with E-state index in [1.165, 1.54) is 11.3 Å². The van der Waals surface area contributed by atoms with Crippen LogP contribution >= 0.6 is 23.1 Å². The second-order valence-corrected chi connectivity index (χ2v) is 8.11. The molecule has 0 fully saturated rings. The van der Waals surface area contributed by atoms with Crippen LogP contribution in [0.4, 0.5) is 10.8 Å². The number of carbonyl (C=O) groups is 2. The summed E-state index contributed by atoms with van der Waals surface area (Å²) in [7, 11) is 0. The molecule has 0 atom stereocenters. The Balaban J connectivity index is 1.80. The molecule has 0 saturated heterocycles. The molecule has 2 aromatic carbocycles. The van der Waals surface area contributed by atoms with Crippen molar-refractivity contribution in [1.29, 1.82) is 0 Å². The van der Waals surface area contributed by atoms with Gasteiger partial charge in [-0.25, -0.2) is 0 Å². The Morgan fingerprint density at radius 3 is 2.32 bits per heavy atom. The Morgan fingerprint density at radius 2 is 1.61 bits per heavy atom. The number of aromatic nitrogens is 2. The summed E-state index contributed by atoms with van der Waals surface area (Å²) >= 11 is 2.94. The van der Waals surface area contributed by atoms with Crippen LogP contribution in [0, 0.1) is 0 Å². The minimum Gasteiger partial charge on any atom is -0.321 e. The Kier molecular flexibility index (Phi) is 6.78. The number of nitrogens with zero attached hydrogens (tertiary/aromatic N) is 2. The fourth-order valence-corrected chi connectivity index (χ4v) is 4.00. The zero-order chi connectivity index (χ0) is 19.9. The van der Waals surface area contributed by atoms with Gasteiger partial charge in [-0.15, -0.1) is 22.0 Å². The fraction of sp³-hybridized carbons (Fsp3) is 0.200. The highest BCUT2D eigenvalue weighted by molar-refractivity contribution is 7.99. The van der Waals surface area contributed by atoms with E-state index in [2.05, 4.69) is 20.8 Å². The summed E-state index contributed by atoms with van der Waals surface area (Å²) in [5, 5.41) is 14.9. The highest BCUT2D eigenvalue weighted by atomic mass is 32.2. The van der Waals surface area contributed by atoms with Crippen LogP contribution in [0.25, 0.3) is 0 Å². The molecule has 8 heteroatoms. The first-order valence-corrected chi connectivity index (χ1v) is 10.7. The maximum absolute atomic E-state index is 12.8. The topological polar surface area (TPSA) is 84.0 Å². The molecule has 144 valence electrons. The molecule has 0 radical (unpaired) electrons. The molecule has 2 N–H and O–H groups in total. The normalized spacial score (nSPS) is 10.5. The minimum atomic E-state index is -0.342. The highest BCUT2D eigenvalue weighted by Gasteiger charge is 2.17. The number of thioether (sulfide) groups is 1. The molecule has 0 aliphatic heterocycles. The largest absolute Gasteiger partial charge is 0.321 e. The lowest BCUT2D eigenvalue weighted by Crippen LogP contribution is -2.18. The van der Waals surface area contributed by atoms with Crippen molar-refractivity contribution in [2.45, 2.75) is 25.2 Å². The first kappa shape index (κ1) is 20.0. The molecule has 0 aliphatic rings. The first-order valence-electron chi connectivity index (χ1n) is 8.88. The van der Waals surface area contributed by atoms with Gasteiger partial charge in [-0.3, -0.25) is 14.9 Å².